The Balaban J connectivity index is 0.00000242. The van der Waals surface area contributed by atoms with Crippen LogP contribution >= 0.6 is 35.3 Å². The van der Waals surface area contributed by atoms with Crippen LogP contribution in [0.5, 0.6) is 0 Å². The molecular formula is C14H18Cl2N4OS. The fraction of sp³-hybridized carbons (Fsp3) is 0.357. The predicted molar refractivity (Wildman–Crippen MR) is 92.9 cm³/mol. The lowest BCUT2D eigenvalue weighted by molar-refractivity contribution is -0.116. The predicted octanol–water partition coefficient (Wildman–Crippen LogP) is 3.27. The smallest absolute Gasteiger partial charge is 0.226 e. The number of carbonyl (C=O) groups excluding carboxylic acids is 1. The van der Waals surface area contributed by atoms with Gasteiger partial charge in [0.05, 0.1) is 0 Å². The van der Waals surface area contributed by atoms with Crippen LogP contribution in [0.2, 0.25) is 5.02 Å². The molecule has 0 aliphatic carbocycles. The molecule has 2 aromatic rings. The maximum atomic E-state index is 11.7. The molecule has 0 saturated heterocycles. The highest BCUT2D eigenvalue weighted by Gasteiger charge is 2.09. The van der Waals surface area contributed by atoms with E-state index >= 15 is 0 Å². The zero-order valence-electron chi connectivity index (χ0n) is 12.1. The number of nitrogens with zero attached hydrogens (tertiary/aromatic N) is 2. The van der Waals surface area contributed by atoms with E-state index < -0.39 is 0 Å². The van der Waals surface area contributed by atoms with Crippen LogP contribution in [-0.2, 0) is 11.2 Å². The third-order valence-corrected chi connectivity index (χ3v) is 3.86. The summed E-state index contributed by atoms with van der Waals surface area (Å²) in [5.74, 6) is -0.0854. The van der Waals surface area contributed by atoms with Gasteiger partial charge < -0.3 is 11.1 Å². The zero-order valence-corrected chi connectivity index (χ0v) is 14.5. The molecule has 3 N–H and O–H groups in total. The highest BCUT2D eigenvalue weighted by Crippen LogP contribution is 2.20. The van der Waals surface area contributed by atoms with Crippen molar-refractivity contribution in [2.45, 2.75) is 32.2 Å². The fourth-order valence-electron chi connectivity index (χ4n) is 1.74. The maximum absolute atomic E-state index is 11.7. The molecule has 120 valence electrons. The van der Waals surface area contributed by atoms with Crippen molar-refractivity contribution in [3.63, 3.8) is 0 Å². The minimum absolute atomic E-state index is 0. The summed E-state index contributed by atoms with van der Waals surface area (Å²) in [6.45, 7) is 1.88. The molecule has 0 fully saturated rings. The number of aromatic nitrogens is 2. The Labute approximate surface area is 144 Å². The van der Waals surface area contributed by atoms with Crippen LogP contribution in [-0.4, -0.2) is 22.1 Å². The van der Waals surface area contributed by atoms with Gasteiger partial charge in [0.2, 0.25) is 11.0 Å². The largest absolute Gasteiger partial charge is 0.328 e. The zero-order chi connectivity index (χ0) is 15.2. The average Bonchev–Trinajstić information content (AvgIpc) is 2.83. The Morgan fingerprint density at radius 1 is 1.45 bits per heavy atom. The summed E-state index contributed by atoms with van der Waals surface area (Å²) in [4.78, 5) is 11.7. The summed E-state index contributed by atoms with van der Waals surface area (Å²) in [6, 6.07) is 7.62. The molecule has 0 radical (unpaired) electrons. The van der Waals surface area contributed by atoms with Gasteiger partial charge in [-0.25, -0.2) is 0 Å². The summed E-state index contributed by atoms with van der Waals surface area (Å²) < 4.78 is 0. The molecule has 2 rings (SSSR count). The van der Waals surface area contributed by atoms with E-state index in [0.29, 0.717) is 29.4 Å². The van der Waals surface area contributed by atoms with E-state index in [-0.39, 0.29) is 24.4 Å². The minimum atomic E-state index is -0.0854. The summed E-state index contributed by atoms with van der Waals surface area (Å²) in [7, 11) is 0. The molecule has 0 bridgehead atoms. The van der Waals surface area contributed by atoms with Crippen LogP contribution in [0.1, 0.15) is 30.3 Å². The normalized spacial score (nSPS) is 11.6. The molecular weight excluding hydrogens is 343 g/mol. The van der Waals surface area contributed by atoms with Crippen molar-refractivity contribution in [3.05, 3.63) is 39.9 Å². The van der Waals surface area contributed by atoms with Crippen LogP contribution in [0.4, 0.5) is 5.13 Å². The van der Waals surface area contributed by atoms with Crippen LogP contribution in [0.3, 0.4) is 0 Å². The van der Waals surface area contributed by atoms with Crippen molar-refractivity contribution in [2.24, 2.45) is 5.73 Å². The summed E-state index contributed by atoms with van der Waals surface area (Å²) in [5.41, 5.74) is 6.68. The van der Waals surface area contributed by atoms with Crippen molar-refractivity contribution in [1.82, 2.24) is 10.2 Å². The lowest BCUT2D eigenvalue weighted by Crippen LogP contribution is -2.19. The number of nitrogens with one attached hydrogen (secondary N) is 1. The molecule has 0 saturated carbocycles. The van der Waals surface area contributed by atoms with Crippen molar-refractivity contribution < 1.29 is 4.79 Å². The van der Waals surface area contributed by atoms with E-state index in [1.807, 2.05) is 31.2 Å². The fourth-order valence-corrected chi connectivity index (χ4v) is 2.74. The number of anilines is 1. The molecule has 1 atom stereocenters. The number of hydrogen-bond donors (Lipinski definition) is 2. The van der Waals surface area contributed by atoms with Gasteiger partial charge in [-0.15, -0.1) is 22.6 Å². The number of carbonyl (C=O) groups is 1. The molecule has 0 aliphatic heterocycles. The SMILES string of the molecule is CC(N)CCC(=O)Nc1nnc(Cc2cccc(Cl)c2)s1.Cl. The van der Waals surface area contributed by atoms with Crippen LogP contribution in [0, 0.1) is 0 Å². The van der Waals surface area contributed by atoms with Gasteiger partial charge in [-0.3, -0.25) is 4.79 Å². The van der Waals surface area contributed by atoms with E-state index in [1.54, 1.807) is 0 Å². The van der Waals surface area contributed by atoms with Gasteiger partial charge in [-0.05, 0) is 31.0 Å². The monoisotopic (exact) mass is 360 g/mol. The van der Waals surface area contributed by atoms with Crippen molar-refractivity contribution >= 4 is 46.4 Å². The second kappa shape index (κ2) is 9.05. The Morgan fingerprint density at radius 2 is 2.23 bits per heavy atom. The Morgan fingerprint density at radius 3 is 2.91 bits per heavy atom. The first-order chi connectivity index (χ1) is 10.0. The molecule has 1 aromatic heterocycles. The molecule has 0 spiro atoms. The summed E-state index contributed by atoms with van der Waals surface area (Å²) >= 11 is 7.31. The van der Waals surface area contributed by atoms with Gasteiger partial charge in [-0.2, -0.15) is 0 Å². The first-order valence-corrected chi connectivity index (χ1v) is 7.84. The van der Waals surface area contributed by atoms with Crippen molar-refractivity contribution in [3.8, 4) is 0 Å². The maximum Gasteiger partial charge on any atom is 0.226 e. The van der Waals surface area contributed by atoms with E-state index in [2.05, 4.69) is 15.5 Å². The number of benzene rings is 1. The van der Waals surface area contributed by atoms with Gasteiger partial charge in [-0.1, -0.05) is 35.1 Å². The number of halogens is 2. The molecule has 1 amide bonds. The first kappa shape index (κ1) is 18.8. The van der Waals surface area contributed by atoms with Gasteiger partial charge >= 0.3 is 0 Å². The van der Waals surface area contributed by atoms with Crippen molar-refractivity contribution in [1.29, 1.82) is 0 Å². The van der Waals surface area contributed by atoms with Gasteiger partial charge in [0, 0.05) is 23.9 Å². The molecule has 0 aliphatic rings. The number of nitrogens with two attached hydrogens (primary N) is 1. The molecule has 1 heterocycles. The van der Waals surface area contributed by atoms with E-state index in [0.717, 1.165) is 10.6 Å². The average molecular weight is 361 g/mol. The van der Waals surface area contributed by atoms with Gasteiger partial charge in [0.15, 0.2) is 0 Å². The molecule has 8 heteroatoms. The Bertz CT molecular complexity index is 618. The summed E-state index contributed by atoms with van der Waals surface area (Å²) in [5, 5.41) is 12.8. The van der Waals surface area contributed by atoms with E-state index in [1.165, 1.54) is 11.3 Å². The Kier molecular flexibility index (Phi) is 7.75. The molecule has 5 nitrogen and oxygen atoms in total. The highest BCUT2D eigenvalue weighted by molar-refractivity contribution is 7.15. The molecule has 22 heavy (non-hydrogen) atoms. The van der Waals surface area contributed by atoms with Crippen LogP contribution < -0.4 is 11.1 Å². The van der Waals surface area contributed by atoms with Crippen LogP contribution in [0.25, 0.3) is 0 Å². The molecule has 1 unspecified atom stereocenters. The number of amides is 1. The second-order valence-electron chi connectivity index (χ2n) is 4.87. The molecule has 1 aromatic carbocycles. The lowest BCUT2D eigenvalue weighted by Gasteiger charge is -2.03. The van der Waals surface area contributed by atoms with Crippen molar-refractivity contribution in [2.75, 3.05) is 5.32 Å². The third-order valence-electron chi connectivity index (χ3n) is 2.78. The standard InChI is InChI=1S/C14H17ClN4OS.ClH/c1-9(16)5-6-12(20)17-14-19-18-13(21-14)8-10-3-2-4-11(15)7-10;/h2-4,7,9H,5-6,8,16H2,1H3,(H,17,19,20);1H. The Hall–Kier alpha value is -1.21. The number of hydrogen-bond acceptors (Lipinski definition) is 5. The van der Waals surface area contributed by atoms with Crippen LogP contribution in [0.15, 0.2) is 24.3 Å². The van der Waals surface area contributed by atoms with E-state index in [4.69, 9.17) is 17.3 Å². The highest BCUT2D eigenvalue weighted by atomic mass is 35.5. The second-order valence-corrected chi connectivity index (χ2v) is 6.37. The number of rotatable bonds is 6. The minimum Gasteiger partial charge on any atom is -0.328 e. The lowest BCUT2D eigenvalue weighted by atomic mass is 10.2. The topological polar surface area (TPSA) is 80.9 Å². The van der Waals surface area contributed by atoms with Gasteiger partial charge in [0.1, 0.15) is 5.01 Å². The quantitative estimate of drug-likeness (QED) is 0.828. The van der Waals surface area contributed by atoms with Gasteiger partial charge in [0.25, 0.3) is 0 Å². The summed E-state index contributed by atoms with van der Waals surface area (Å²) in [6.07, 6.45) is 1.69. The first-order valence-electron chi connectivity index (χ1n) is 6.65. The third kappa shape index (κ3) is 6.27. The van der Waals surface area contributed by atoms with E-state index in [9.17, 15) is 4.79 Å².